The molecule has 0 bridgehead atoms. The number of para-hydroxylation sites is 1. The average molecular weight is 420 g/mol. The molecule has 0 fully saturated rings. The van der Waals surface area contributed by atoms with E-state index in [1.807, 2.05) is 54.6 Å². The fraction of sp³-hybridized carbons (Fsp3) is 0.409. The minimum absolute atomic E-state index is 0.216. The molecule has 0 aromatic heterocycles. The number of carbonyl (C=O) groups excluding carboxylic acids is 1. The number of ether oxygens (including phenoxy) is 2. The third-order valence-electron chi connectivity index (χ3n) is 4.07. The number of hydrogen-bond acceptors (Lipinski definition) is 6. The molecule has 2 aromatic rings. The molecule has 29 heavy (non-hydrogen) atoms. The maximum Gasteiger partial charge on any atom is 0.370 e. The first-order valence-electron chi connectivity index (χ1n) is 9.84. The van der Waals surface area contributed by atoms with E-state index in [0.717, 1.165) is 17.1 Å². The van der Waals surface area contributed by atoms with Gasteiger partial charge in [0, 0.05) is 6.92 Å². The SMILES string of the molecule is CCOP(=O)(OCC)[C@@H](CCCc1cccc(Oc2ccccc2)c1)OC(C)=O. The second-order valence-corrected chi connectivity index (χ2v) is 8.57. The lowest BCUT2D eigenvalue weighted by molar-refractivity contribution is -0.144. The molecule has 0 aliphatic heterocycles. The van der Waals surface area contributed by atoms with Crippen molar-refractivity contribution in [3.63, 3.8) is 0 Å². The summed E-state index contributed by atoms with van der Waals surface area (Å²) < 4.78 is 34.9. The highest BCUT2D eigenvalue weighted by Crippen LogP contribution is 2.55. The molecular formula is C22H29O6P. The predicted molar refractivity (Wildman–Crippen MR) is 112 cm³/mol. The van der Waals surface area contributed by atoms with E-state index in [1.165, 1.54) is 6.92 Å². The van der Waals surface area contributed by atoms with Crippen LogP contribution in [0.25, 0.3) is 0 Å². The molecule has 0 N–H and O–H groups in total. The molecule has 1 atom stereocenters. The van der Waals surface area contributed by atoms with E-state index >= 15 is 0 Å². The molecule has 0 radical (unpaired) electrons. The van der Waals surface area contributed by atoms with Gasteiger partial charge in [-0.2, -0.15) is 0 Å². The van der Waals surface area contributed by atoms with Crippen LogP contribution in [0.1, 0.15) is 39.2 Å². The predicted octanol–water partition coefficient (Wildman–Crippen LogP) is 5.96. The Balaban J connectivity index is 2.00. The number of hydrogen-bond donors (Lipinski definition) is 0. The van der Waals surface area contributed by atoms with Gasteiger partial charge < -0.3 is 18.5 Å². The van der Waals surface area contributed by atoms with Gasteiger partial charge in [-0.25, -0.2) is 0 Å². The summed E-state index contributed by atoms with van der Waals surface area (Å²) in [6, 6.07) is 17.4. The van der Waals surface area contributed by atoms with Gasteiger partial charge in [-0.05, 0) is 62.9 Å². The van der Waals surface area contributed by atoms with E-state index in [2.05, 4.69) is 0 Å². The number of carbonyl (C=O) groups is 1. The Labute approximate surface area is 172 Å². The highest BCUT2D eigenvalue weighted by atomic mass is 31.2. The van der Waals surface area contributed by atoms with Crippen molar-refractivity contribution in [3.8, 4) is 11.5 Å². The van der Waals surface area contributed by atoms with Crippen molar-refractivity contribution in [2.45, 2.75) is 45.9 Å². The molecule has 0 heterocycles. The van der Waals surface area contributed by atoms with Crippen molar-refractivity contribution in [3.05, 3.63) is 60.2 Å². The van der Waals surface area contributed by atoms with Crippen LogP contribution in [0.5, 0.6) is 11.5 Å². The Morgan fingerprint density at radius 3 is 2.24 bits per heavy atom. The largest absolute Gasteiger partial charge is 0.457 e. The summed E-state index contributed by atoms with van der Waals surface area (Å²) in [5.41, 5.74) is 1.07. The minimum Gasteiger partial charge on any atom is -0.457 e. The van der Waals surface area contributed by atoms with Gasteiger partial charge in [-0.15, -0.1) is 0 Å². The van der Waals surface area contributed by atoms with Gasteiger partial charge in [0.05, 0.1) is 13.2 Å². The summed E-state index contributed by atoms with van der Waals surface area (Å²) in [6.07, 6.45) is 1.74. The summed E-state index contributed by atoms with van der Waals surface area (Å²) >= 11 is 0. The van der Waals surface area contributed by atoms with E-state index in [4.69, 9.17) is 18.5 Å². The summed E-state index contributed by atoms with van der Waals surface area (Å²) in [5.74, 6) is 0.102. The molecule has 0 saturated carbocycles. The topological polar surface area (TPSA) is 71.1 Å². The van der Waals surface area contributed by atoms with E-state index in [-0.39, 0.29) is 13.2 Å². The van der Waals surface area contributed by atoms with Gasteiger partial charge in [0.1, 0.15) is 11.5 Å². The van der Waals surface area contributed by atoms with Crippen LogP contribution in [0.2, 0.25) is 0 Å². The minimum atomic E-state index is -3.53. The molecular weight excluding hydrogens is 391 g/mol. The first kappa shape index (κ1) is 23.1. The summed E-state index contributed by atoms with van der Waals surface area (Å²) in [7, 11) is -3.53. The molecule has 6 nitrogen and oxygen atoms in total. The van der Waals surface area contributed by atoms with Crippen LogP contribution >= 0.6 is 7.60 Å². The van der Waals surface area contributed by atoms with Gasteiger partial charge in [0.15, 0.2) is 0 Å². The Hall–Kier alpha value is -2.14. The monoisotopic (exact) mass is 420 g/mol. The van der Waals surface area contributed by atoms with Crippen molar-refractivity contribution < 1.29 is 27.9 Å². The third-order valence-corrected chi connectivity index (χ3v) is 6.37. The zero-order valence-corrected chi connectivity index (χ0v) is 18.1. The Kier molecular flexibility index (Phi) is 9.39. The second kappa shape index (κ2) is 11.8. The highest BCUT2D eigenvalue weighted by molar-refractivity contribution is 7.54. The van der Waals surface area contributed by atoms with Crippen molar-refractivity contribution in [1.29, 1.82) is 0 Å². The Morgan fingerprint density at radius 2 is 1.62 bits per heavy atom. The Morgan fingerprint density at radius 1 is 0.966 bits per heavy atom. The van der Waals surface area contributed by atoms with Crippen LogP contribution in [-0.2, 0) is 29.6 Å². The smallest absolute Gasteiger partial charge is 0.370 e. The summed E-state index contributed by atoms with van der Waals surface area (Å²) in [5, 5.41) is 0. The number of rotatable bonds is 12. The van der Waals surface area contributed by atoms with Crippen molar-refractivity contribution in [2.24, 2.45) is 0 Å². The second-order valence-electron chi connectivity index (χ2n) is 6.39. The lowest BCUT2D eigenvalue weighted by atomic mass is 10.1. The fourth-order valence-electron chi connectivity index (χ4n) is 2.91. The van der Waals surface area contributed by atoms with Crippen LogP contribution in [-0.4, -0.2) is 25.0 Å². The zero-order chi connectivity index (χ0) is 21.1. The van der Waals surface area contributed by atoms with Crippen LogP contribution < -0.4 is 4.74 Å². The van der Waals surface area contributed by atoms with Crippen molar-refractivity contribution >= 4 is 13.6 Å². The number of benzene rings is 2. The van der Waals surface area contributed by atoms with Crippen molar-refractivity contribution in [2.75, 3.05) is 13.2 Å². The molecule has 0 aliphatic rings. The van der Waals surface area contributed by atoms with Crippen LogP contribution in [0.4, 0.5) is 0 Å². The summed E-state index contributed by atoms with van der Waals surface area (Å²) in [6.45, 7) is 5.19. The van der Waals surface area contributed by atoms with Crippen molar-refractivity contribution in [1.82, 2.24) is 0 Å². The molecule has 0 aliphatic carbocycles. The maximum absolute atomic E-state index is 13.0. The lowest BCUT2D eigenvalue weighted by Crippen LogP contribution is -2.20. The standard InChI is InChI=1S/C22H29O6P/c1-4-25-29(24,26-5-2)22(27-18(3)23)16-10-12-19-11-9-15-21(17-19)28-20-13-7-6-8-14-20/h6-9,11,13-15,17,22H,4-5,10,12,16H2,1-3H3/t22-/m0/s1. The molecule has 0 unspecified atom stereocenters. The molecule has 0 spiro atoms. The van der Waals surface area contributed by atoms with E-state index in [1.54, 1.807) is 13.8 Å². The highest BCUT2D eigenvalue weighted by Gasteiger charge is 2.37. The van der Waals surface area contributed by atoms with Gasteiger partial charge in [0.2, 0.25) is 5.85 Å². The van der Waals surface area contributed by atoms with E-state index in [9.17, 15) is 9.36 Å². The lowest BCUT2D eigenvalue weighted by Gasteiger charge is -2.25. The number of esters is 1. The van der Waals surface area contributed by atoms with Crippen LogP contribution in [0.15, 0.2) is 54.6 Å². The van der Waals surface area contributed by atoms with E-state index < -0.39 is 19.4 Å². The van der Waals surface area contributed by atoms with Gasteiger partial charge in [-0.1, -0.05) is 30.3 Å². The van der Waals surface area contributed by atoms with Crippen LogP contribution in [0, 0.1) is 0 Å². The van der Waals surface area contributed by atoms with Crippen LogP contribution in [0.3, 0.4) is 0 Å². The molecule has 0 amide bonds. The van der Waals surface area contributed by atoms with E-state index in [0.29, 0.717) is 19.3 Å². The molecule has 0 saturated heterocycles. The number of aryl methyl sites for hydroxylation is 1. The first-order chi connectivity index (χ1) is 14.0. The third kappa shape index (κ3) is 7.65. The zero-order valence-electron chi connectivity index (χ0n) is 17.2. The molecule has 2 rings (SSSR count). The first-order valence-corrected chi connectivity index (χ1v) is 11.5. The fourth-order valence-corrected chi connectivity index (χ4v) is 4.81. The normalized spacial score (nSPS) is 12.4. The average Bonchev–Trinajstić information content (AvgIpc) is 2.68. The molecule has 7 heteroatoms. The Bertz CT molecular complexity index is 798. The van der Waals surface area contributed by atoms with Gasteiger partial charge in [-0.3, -0.25) is 9.36 Å². The molecule has 2 aromatic carbocycles. The maximum atomic E-state index is 13.0. The quantitative estimate of drug-likeness (QED) is 0.312. The van der Waals surface area contributed by atoms with Gasteiger partial charge >= 0.3 is 13.6 Å². The summed E-state index contributed by atoms with van der Waals surface area (Å²) in [4.78, 5) is 11.5. The van der Waals surface area contributed by atoms with Gasteiger partial charge in [0.25, 0.3) is 0 Å². The molecule has 158 valence electrons.